The third-order valence-corrected chi connectivity index (χ3v) is 4.56. The fourth-order valence-electron chi connectivity index (χ4n) is 3.16. The number of anilines is 1. The average molecular weight is 345 g/mol. The van der Waals surface area contributed by atoms with E-state index < -0.39 is 0 Å². The molecule has 1 amide bonds. The number of rotatable bonds is 5. The van der Waals surface area contributed by atoms with Gasteiger partial charge in [0.05, 0.1) is 5.56 Å². The molecule has 1 N–H and O–H groups in total. The molecule has 134 valence electrons. The molecule has 5 nitrogen and oxygen atoms in total. The van der Waals surface area contributed by atoms with Gasteiger partial charge in [0.25, 0.3) is 5.91 Å². The number of furan rings is 1. The van der Waals surface area contributed by atoms with Crippen LogP contribution < -0.4 is 10.2 Å². The van der Waals surface area contributed by atoms with Gasteiger partial charge >= 0.3 is 0 Å². The third kappa shape index (κ3) is 4.39. The zero-order valence-electron chi connectivity index (χ0n) is 14.7. The van der Waals surface area contributed by atoms with Crippen molar-refractivity contribution in [1.82, 2.24) is 10.2 Å². The summed E-state index contributed by atoms with van der Waals surface area (Å²) >= 11 is 0. The summed E-state index contributed by atoms with van der Waals surface area (Å²) in [5, 5.41) is 2.95. The van der Waals surface area contributed by atoms with E-state index in [1.165, 1.54) is 12.1 Å². The number of carbonyl (C=O) groups is 1. The normalized spacial score (nSPS) is 15.4. The van der Waals surface area contributed by atoms with E-state index in [0.717, 1.165) is 44.2 Å². The fourth-order valence-corrected chi connectivity index (χ4v) is 3.16. The highest BCUT2D eigenvalue weighted by Gasteiger charge is 2.18. The molecule has 1 aromatic carbocycles. The molecule has 0 aliphatic carbocycles. The van der Waals surface area contributed by atoms with E-state index >= 15 is 0 Å². The summed E-state index contributed by atoms with van der Waals surface area (Å²) in [6.07, 6.45) is 0. The minimum absolute atomic E-state index is 0.0840. The van der Waals surface area contributed by atoms with Crippen LogP contribution in [0.25, 0.3) is 0 Å². The molecule has 1 saturated heterocycles. The second kappa shape index (κ2) is 7.70. The van der Waals surface area contributed by atoms with Gasteiger partial charge in [-0.05, 0) is 44.2 Å². The van der Waals surface area contributed by atoms with Crippen LogP contribution in [0.5, 0.6) is 0 Å². The number of piperazine rings is 1. The van der Waals surface area contributed by atoms with Crippen LogP contribution in [0.4, 0.5) is 10.1 Å². The van der Waals surface area contributed by atoms with Crippen LogP contribution in [0.1, 0.15) is 21.9 Å². The van der Waals surface area contributed by atoms with E-state index in [2.05, 4.69) is 15.1 Å². The van der Waals surface area contributed by atoms with E-state index in [1.54, 1.807) is 13.0 Å². The number of benzene rings is 1. The first-order valence-electron chi connectivity index (χ1n) is 8.61. The number of halogens is 1. The summed E-state index contributed by atoms with van der Waals surface area (Å²) in [5.41, 5.74) is 1.67. The van der Waals surface area contributed by atoms with Crippen molar-refractivity contribution in [3.8, 4) is 0 Å². The largest absolute Gasteiger partial charge is 0.466 e. The molecule has 2 aromatic rings. The third-order valence-electron chi connectivity index (χ3n) is 4.56. The number of nitrogens with zero attached hydrogens (tertiary/aromatic N) is 2. The van der Waals surface area contributed by atoms with E-state index in [0.29, 0.717) is 17.9 Å². The Balaban J connectivity index is 1.41. The molecule has 0 saturated carbocycles. The summed E-state index contributed by atoms with van der Waals surface area (Å²) in [4.78, 5) is 16.7. The Labute approximate surface area is 147 Å². The van der Waals surface area contributed by atoms with Crippen LogP contribution in [0.3, 0.4) is 0 Å². The zero-order chi connectivity index (χ0) is 17.8. The molecule has 1 fully saturated rings. The highest BCUT2D eigenvalue weighted by atomic mass is 19.1. The molecule has 0 bridgehead atoms. The Kier molecular flexibility index (Phi) is 5.38. The van der Waals surface area contributed by atoms with E-state index in [4.69, 9.17) is 4.42 Å². The molecular formula is C19H24FN3O2. The van der Waals surface area contributed by atoms with Crippen molar-refractivity contribution in [3.05, 3.63) is 53.2 Å². The average Bonchev–Trinajstić information content (AvgIpc) is 2.95. The smallest absolute Gasteiger partial charge is 0.254 e. The Morgan fingerprint density at radius 2 is 1.84 bits per heavy atom. The lowest BCUT2D eigenvalue weighted by atomic mass is 10.2. The van der Waals surface area contributed by atoms with E-state index in [9.17, 15) is 9.18 Å². The van der Waals surface area contributed by atoms with Crippen molar-refractivity contribution in [2.45, 2.75) is 13.8 Å². The van der Waals surface area contributed by atoms with Crippen molar-refractivity contribution in [2.75, 3.05) is 44.2 Å². The van der Waals surface area contributed by atoms with Crippen LogP contribution in [-0.2, 0) is 0 Å². The van der Waals surface area contributed by atoms with Crippen LogP contribution in [0.15, 0.2) is 34.7 Å². The Morgan fingerprint density at radius 1 is 1.16 bits per heavy atom. The molecule has 0 radical (unpaired) electrons. The number of hydrogen-bond acceptors (Lipinski definition) is 4. The predicted molar refractivity (Wildman–Crippen MR) is 95.6 cm³/mol. The van der Waals surface area contributed by atoms with Crippen LogP contribution in [-0.4, -0.2) is 50.1 Å². The first-order valence-corrected chi connectivity index (χ1v) is 8.61. The summed E-state index contributed by atoms with van der Waals surface area (Å²) in [6, 6.07) is 8.40. The van der Waals surface area contributed by atoms with Gasteiger partial charge in [-0.15, -0.1) is 0 Å². The molecule has 6 heteroatoms. The van der Waals surface area contributed by atoms with Crippen LogP contribution in [0.2, 0.25) is 0 Å². The highest BCUT2D eigenvalue weighted by molar-refractivity contribution is 5.95. The van der Waals surface area contributed by atoms with Gasteiger partial charge in [-0.2, -0.15) is 0 Å². The van der Waals surface area contributed by atoms with Gasteiger partial charge < -0.3 is 14.6 Å². The first kappa shape index (κ1) is 17.5. The number of nitrogens with one attached hydrogen (secondary N) is 1. The van der Waals surface area contributed by atoms with Crippen molar-refractivity contribution in [2.24, 2.45) is 0 Å². The Hall–Kier alpha value is -2.34. The molecule has 2 heterocycles. The monoisotopic (exact) mass is 345 g/mol. The molecule has 3 rings (SSSR count). The molecule has 0 unspecified atom stereocenters. The summed E-state index contributed by atoms with van der Waals surface area (Å²) in [5.74, 6) is 1.11. The molecule has 25 heavy (non-hydrogen) atoms. The van der Waals surface area contributed by atoms with E-state index in [-0.39, 0.29) is 11.7 Å². The predicted octanol–water partition coefficient (Wildman–Crippen LogP) is 2.59. The highest BCUT2D eigenvalue weighted by Crippen LogP contribution is 2.17. The molecule has 1 aliphatic rings. The topological polar surface area (TPSA) is 48.7 Å². The lowest BCUT2D eigenvalue weighted by molar-refractivity contribution is 0.0946. The minimum Gasteiger partial charge on any atom is -0.466 e. The molecule has 0 atom stereocenters. The number of amides is 1. The fraction of sp³-hybridized carbons (Fsp3) is 0.421. The Bertz CT molecular complexity index is 719. The summed E-state index contributed by atoms with van der Waals surface area (Å²) in [6.45, 7) is 8.73. The van der Waals surface area contributed by atoms with Gasteiger partial charge in [-0.3, -0.25) is 9.69 Å². The lowest BCUT2D eigenvalue weighted by Crippen LogP contribution is -2.48. The van der Waals surface area contributed by atoms with Crippen LogP contribution in [0, 0.1) is 19.7 Å². The minimum atomic E-state index is -0.207. The van der Waals surface area contributed by atoms with Crippen molar-refractivity contribution < 1.29 is 13.6 Å². The van der Waals surface area contributed by atoms with E-state index in [1.807, 2.05) is 19.1 Å². The second-order valence-corrected chi connectivity index (χ2v) is 6.39. The number of aryl methyl sites for hydroxylation is 2. The second-order valence-electron chi connectivity index (χ2n) is 6.39. The van der Waals surface area contributed by atoms with Gasteiger partial charge in [0.1, 0.15) is 17.3 Å². The van der Waals surface area contributed by atoms with Crippen molar-refractivity contribution in [3.63, 3.8) is 0 Å². The SMILES string of the molecule is Cc1cc(C(=O)NCCN2CCN(c3ccc(F)cc3)CC2)c(C)o1. The van der Waals surface area contributed by atoms with Gasteiger partial charge in [0, 0.05) is 45.0 Å². The molecule has 1 aliphatic heterocycles. The lowest BCUT2D eigenvalue weighted by Gasteiger charge is -2.36. The van der Waals surface area contributed by atoms with Gasteiger partial charge in [-0.25, -0.2) is 4.39 Å². The first-order chi connectivity index (χ1) is 12.0. The quantitative estimate of drug-likeness (QED) is 0.905. The van der Waals surface area contributed by atoms with Crippen molar-refractivity contribution in [1.29, 1.82) is 0 Å². The molecule has 1 aromatic heterocycles. The van der Waals surface area contributed by atoms with Crippen molar-refractivity contribution >= 4 is 11.6 Å². The summed E-state index contributed by atoms with van der Waals surface area (Å²) < 4.78 is 18.4. The van der Waals surface area contributed by atoms with Gasteiger partial charge in [0.2, 0.25) is 0 Å². The van der Waals surface area contributed by atoms with Gasteiger partial charge in [-0.1, -0.05) is 0 Å². The van der Waals surface area contributed by atoms with Gasteiger partial charge in [0.15, 0.2) is 0 Å². The maximum Gasteiger partial charge on any atom is 0.254 e. The Morgan fingerprint density at radius 3 is 2.44 bits per heavy atom. The summed E-state index contributed by atoms with van der Waals surface area (Å²) in [7, 11) is 0. The van der Waals surface area contributed by atoms with Crippen LogP contribution >= 0.6 is 0 Å². The number of carbonyl (C=O) groups excluding carboxylic acids is 1. The zero-order valence-corrected chi connectivity index (χ0v) is 14.7. The maximum atomic E-state index is 13.0. The maximum absolute atomic E-state index is 13.0. The molecular weight excluding hydrogens is 321 g/mol. The standard InChI is InChI=1S/C19H24FN3O2/c1-14-13-18(15(2)25-14)19(24)21-7-8-22-9-11-23(12-10-22)17-5-3-16(20)4-6-17/h3-6,13H,7-12H2,1-2H3,(H,21,24). The number of hydrogen-bond donors (Lipinski definition) is 1. The molecule has 0 spiro atoms.